The maximum Gasteiger partial charge on any atom is 0.274 e. The van der Waals surface area contributed by atoms with Gasteiger partial charge in [-0.15, -0.1) is 0 Å². The summed E-state index contributed by atoms with van der Waals surface area (Å²) in [4.78, 5) is 22.4. The maximum absolute atomic E-state index is 12.0. The number of nitro benzene ring substituents is 1. The van der Waals surface area contributed by atoms with Gasteiger partial charge in [-0.1, -0.05) is 22.0 Å². The molecule has 0 radical (unpaired) electrons. The highest BCUT2D eigenvalue weighted by atomic mass is 79.9. The standard InChI is InChI=1S/C17H17BrN2O4/c1-12-15(4-2-5-16(12)20(22)23)19-17(21)6-3-11-24-14-9-7-13(18)8-10-14/h2,4-5,7-10H,3,6,11H2,1H3,(H,19,21). The van der Waals surface area contributed by atoms with Crippen LogP contribution in [-0.2, 0) is 4.79 Å². The molecule has 2 aromatic rings. The van der Waals surface area contributed by atoms with Crippen LogP contribution in [0.25, 0.3) is 0 Å². The Labute approximate surface area is 148 Å². The van der Waals surface area contributed by atoms with Crippen LogP contribution in [0.2, 0.25) is 0 Å². The van der Waals surface area contributed by atoms with Gasteiger partial charge in [0.25, 0.3) is 5.69 Å². The van der Waals surface area contributed by atoms with E-state index in [4.69, 9.17) is 4.74 Å². The lowest BCUT2D eigenvalue weighted by Crippen LogP contribution is -2.14. The number of ether oxygens (including phenoxy) is 1. The highest BCUT2D eigenvalue weighted by molar-refractivity contribution is 9.10. The molecular weight excluding hydrogens is 376 g/mol. The fourth-order valence-corrected chi connectivity index (χ4v) is 2.39. The number of hydrogen-bond acceptors (Lipinski definition) is 4. The zero-order valence-electron chi connectivity index (χ0n) is 13.1. The van der Waals surface area contributed by atoms with Crippen molar-refractivity contribution in [1.29, 1.82) is 0 Å². The molecule has 0 fully saturated rings. The fraction of sp³-hybridized carbons (Fsp3) is 0.235. The maximum atomic E-state index is 12.0. The summed E-state index contributed by atoms with van der Waals surface area (Å²) >= 11 is 3.35. The summed E-state index contributed by atoms with van der Waals surface area (Å²) in [6.45, 7) is 2.04. The molecule has 0 bridgehead atoms. The minimum Gasteiger partial charge on any atom is -0.494 e. The molecule has 6 nitrogen and oxygen atoms in total. The minimum absolute atomic E-state index is 0.00799. The third kappa shape index (κ3) is 5.06. The summed E-state index contributed by atoms with van der Waals surface area (Å²) in [5, 5.41) is 13.6. The molecule has 0 atom stereocenters. The lowest BCUT2D eigenvalue weighted by molar-refractivity contribution is -0.385. The zero-order chi connectivity index (χ0) is 17.5. The second kappa shape index (κ2) is 8.44. The Hall–Kier alpha value is -2.41. The van der Waals surface area contributed by atoms with Crippen LogP contribution in [0.4, 0.5) is 11.4 Å². The monoisotopic (exact) mass is 392 g/mol. The Balaban J connectivity index is 1.80. The predicted molar refractivity (Wildman–Crippen MR) is 95.3 cm³/mol. The summed E-state index contributed by atoms with van der Waals surface area (Å²) in [5.41, 5.74) is 0.899. The highest BCUT2D eigenvalue weighted by Gasteiger charge is 2.14. The Kier molecular flexibility index (Phi) is 6.31. The van der Waals surface area contributed by atoms with Gasteiger partial charge in [0.05, 0.1) is 22.8 Å². The number of nitro groups is 1. The number of carbonyl (C=O) groups is 1. The van der Waals surface area contributed by atoms with Crippen molar-refractivity contribution >= 4 is 33.2 Å². The molecule has 0 aliphatic heterocycles. The van der Waals surface area contributed by atoms with Gasteiger partial charge in [-0.2, -0.15) is 0 Å². The van der Waals surface area contributed by atoms with Gasteiger partial charge >= 0.3 is 0 Å². The summed E-state index contributed by atoms with van der Waals surface area (Å²) in [6.07, 6.45) is 0.828. The third-order valence-electron chi connectivity index (χ3n) is 3.41. The summed E-state index contributed by atoms with van der Waals surface area (Å²) in [5.74, 6) is 0.547. The van der Waals surface area contributed by atoms with Crippen molar-refractivity contribution in [2.24, 2.45) is 0 Å². The number of carbonyl (C=O) groups excluding carboxylic acids is 1. The molecule has 0 heterocycles. The van der Waals surface area contributed by atoms with Crippen molar-refractivity contribution < 1.29 is 14.5 Å². The van der Waals surface area contributed by atoms with Crippen LogP contribution in [0.15, 0.2) is 46.9 Å². The Morgan fingerprint density at radius 3 is 2.62 bits per heavy atom. The summed E-state index contributed by atoms with van der Waals surface area (Å²) in [6, 6.07) is 12.1. The molecule has 0 saturated carbocycles. The Morgan fingerprint density at radius 1 is 1.25 bits per heavy atom. The number of nitrogens with zero attached hydrogens (tertiary/aromatic N) is 1. The second-order valence-corrected chi connectivity index (χ2v) is 6.08. The zero-order valence-corrected chi connectivity index (χ0v) is 14.7. The summed E-state index contributed by atoms with van der Waals surface area (Å²) < 4.78 is 6.52. The minimum atomic E-state index is -0.461. The number of halogens is 1. The van der Waals surface area contributed by atoms with Crippen LogP contribution in [0, 0.1) is 17.0 Å². The average Bonchev–Trinajstić information content (AvgIpc) is 2.55. The van der Waals surface area contributed by atoms with Gasteiger partial charge in [0.15, 0.2) is 0 Å². The van der Waals surface area contributed by atoms with Crippen LogP contribution in [0.3, 0.4) is 0 Å². The lowest BCUT2D eigenvalue weighted by atomic mass is 10.1. The fourth-order valence-electron chi connectivity index (χ4n) is 2.12. The molecule has 0 saturated heterocycles. The molecule has 7 heteroatoms. The largest absolute Gasteiger partial charge is 0.494 e. The quantitative estimate of drug-likeness (QED) is 0.428. The van der Waals surface area contributed by atoms with Gasteiger partial charge in [-0.3, -0.25) is 14.9 Å². The van der Waals surface area contributed by atoms with Crippen molar-refractivity contribution in [3.8, 4) is 5.75 Å². The normalized spacial score (nSPS) is 10.2. The number of rotatable bonds is 7. The molecule has 0 aliphatic carbocycles. The molecule has 0 spiro atoms. The van der Waals surface area contributed by atoms with Gasteiger partial charge < -0.3 is 10.1 Å². The number of benzene rings is 2. The smallest absolute Gasteiger partial charge is 0.274 e. The molecule has 0 unspecified atom stereocenters. The van der Waals surface area contributed by atoms with Crippen molar-refractivity contribution in [2.75, 3.05) is 11.9 Å². The molecule has 0 aliphatic rings. The van der Waals surface area contributed by atoms with E-state index in [2.05, 4.69) is 21.2 Å². The van der Waals surface area contributed by atoms with E-state index in [0.29, 0.717) is 24.3 Å². The van der Waals surface area contributed by atoms with E-state index in [9.17, 15) is 14.9 Å². The number of hydrogen-bond donors (Lipinski definition) is 1. The molecular formula is C17H17BrN2O4. The van der Waals surface area contributed by atoms with Crippen molar-refractivity contribution in [3.05, 3.63) is 62.6 Å². The van der Waals surface area contributed by atoms with Crippen molar-refractivity contribution in [3.63, 3.8) is 0 Å². The van der Waals surface area contributed by atoms with Crippen LogP contribution in [0.5, 0.6) is 5.75 Å². The first kappa shape index (κ1) is 17.9. The van der Waals surface area contributed by atoms with E-state index in [1.807, 2.05) is 24.3 Å². The first-order valence-corrected chi connectivity index (χ1v) is 8.19. The lowest BCUT2D eigenvalue weighted by Gasteiger charge is -2.09. The van der Waals surface area contributed by atoms with E-state index in [1.54, 1.807) is 19.1 Å². The molecule has 0 aromatic heterocycles. The van der Waals surface area contributed by atoms with E-state index in [1.165, 1.54) is 6.07 Å². The van der Waals surface area contributed by atoms with E-state index < -0.39 is 4.92 Å². The molecule has 1 amide bonds. The third-order valence-corrected chi connectivity index (χ3v) is 3.94. The number of amides is 1. The van der Waals surface area contributed by atoms with Crippen LogP contribution >= 0.6 is 15.9 Å². The van der Waals surface area contributed by atoms with Gasteiger partial charge in [0.1, 0.15) is 5.75 Å². The van der Waals surface area contributed by atoms with Gasteiger partial charge in [0.2, 0.25) is 5.91 Å². The Morgan fingerprint density at radius 2 is 1.96 bits per heavy atom. The van der Waals surface area contributed by atoms with Gasteiger partial charge in [0, 0.05) is 17.0 Å². The molecule has 2 rings (SSSR count). The van der Waals surface area contributed by atoms with Crippen molar-refractivity contribution in [2.45, 2.75) is 19.8 Å². The van der Waals surface area contributed by atoms with Gasteiger partial charge in [-0.05, 0) is 43.7 Å². The number of nitrogens with one attached hydrogen (secondary N) is 1. The van der Waals surface area contributed by atoms with Crippen LogP contribution in [-0.4, -0.2) is 17.4 Å². The van der Waals surface area contributed by atoms with E-state index in [-0.39, 0.29) is 18.0 Å². The predicted octanol–water partition coefficient (Wildman–Crippen LogP) is 4.46. The molecule has 1 N–H and O–H groups in total. The van der Waals surface area contributed by atoms with E-state index in [0.717, 1.165) is 10.2 Å². The number of anilines is 1. The SMILES string of the molecule is Cc1c(NC(=O)CCCOc2ccc(Br)cc2)cccc1[N+](=O)[O-]. The van der Waals surface area contributed by atoms with Crippen LogP contribution < -0.4 is 10.1 Å². The average molecular weight is 393 g/mol. The van der Waals surface area contributed by atoms with Crippen molar-refractivity contribution in [1.82, 2.24) is 0 Å². The highest BCUT2D eigenvalue weighted by Crippen LogP contribution is 2.25. The first-order chi connectivity index (χ1) is 11.5. The Bertz CT molecular complexity index is 732. The second-order valence-electron chi connectivity index (χ2n) is 5.16. The van der Waals surface area contributed by atoms with Gasteiger partial charge in [-0.25, -0.2) is 0 Å². The van der Waals surface area contributed by atoms with Crippen LogP contribution in [0.1, 0.15) is 18.4 Å². The topological polar surface area (TPSA) is 81.5 Å². The summed E-state index contributed by atoms with van der Waals surface area (Å²) in [7, 11) is 0. The molecule has 2 aromatic carbocycles. The van der Waals surface area contributed by atoms with E-state index >= 15 is 0 Å². The first-order valence-electron chi connectivity index (χ1n) is 7.39. The molecule has 24 heavy (non-hydrogen) atoms. The molecule has 126 valence electrons.